The predicted molar refractivity (Wildman–Crippen MR) is 91.4 cm³/mol. The summed E-state index contributed by atoms with van der Waals surface area (Å²) in [5.41, 5.74) is -0.269. The van der Waals surface area contributed by atoms with E-state index in [9.17, 15) is 28.1 Å². The highest BCUT2D eigenvalue weighted by Crippen LogP contribution is 2.18. The van der Waals surface area contributed by atoms with Crippen LogP contribution >= 0.6 is 0 Å². The topological polar surface area (TPSA) is 151 Å². The van der Waals surface area contributed by atoms with Crippen molar-refractivity contribution in [3.8, 4) is 0 Å². The van der Waals surface area contributed by atoms with Crippen LogP contribution < -0.4 is 5.32 Å². The van der Waals surface area contributed by atoms with E-state index in [0.717, 1.165) is 24.3 Å². The first-order chi connectivity index (χ1) is 12.7. The fourth-order valence-electron chi connectivity index (χ4n) is 1.89. The Morgan fingerprint density at radius 3 is 2.26 bits per heavy atom. The van der Waals surface area contributed by atoms with Gasteiger partial charge in [0.1, 0.15) is 6.04 Å². The second-order valence-corrected chi connectivity index (χ2v) is 6.60. The second kappa shape index (κ2) is 10.4. The van der Waals surface area contributed by atoms with Crippen LogP contribution in [0.3, 0.4) is 0 Å². The van der Waals surface area contributed by atoms with Crippen LogP contribution in [0.25, 0.3) is 0 Å². The van der Waals surface area contributed by atoms with E-state index >= 15 is 0 Å². The van der Waals surface area contributed by atoms with Gasteiger partial charge >= 0.3 is 12.1 Å². The summed E-state index contributed by atoms with van der Waals surface area (Å²) in [5.74, 6) is -0.762. The van der Waals surface area contributed by atoms with Gasteiger partial charge in [-0.3, -0.25) is 14.3 Å². The number of carbonyl (C=O) groups excluding carboxylic acids is 2. The molecular weight excluding hydrogens is 384 g/mol. The Morgan fingerprint density at radius 1 is 1.15 bits per heavy atom. The Morgan fingerprint density at radius 2 is 1.74 bits per heavy atom. The molecule has 1 atom stereocenters. The maximum Gasteiger partial charge on any atom is 0.407 e. The highest BCUT2D eigenvalue weighted by molar-refractivity contribution is 7.86. The summed E-state index contributed by atoms with van der Waals surface area (Å²) < 4.78 is 38.5. The zero-order chi connectivity index (χ0) is 20.4. The standard InChI is InChI=1S/C15H20N2O9S/c1-3-24-14(18)13(16-15(19)25-4-2)9-10-26-27(22,23)12-7-5-11(6-8-12)17(20)21/h5-8,13H,3-4,9-10H2,1-2H3,(H,16,19)/t13-/m0/s1. The molecule has 0 bridgehead atoms. The minimum absolute atomic E-state index is 0.0712. The zero-order valence-corrected chi connectivity index (χ0v) is 15.6. The first kappa shape index (κ1) is 22.3. The lowest BCUT2D eigenvalue weighted by molar-refractivity contribution is -0.384. The van der Waals surface area contributed by atoms with E-state index in [0.29, 0.717) is 0 Å². The molecule has 0 saturated carbocycles. The fourth-order valence-corrected chi connectivity index (χ4v) is 2.81. The van der Waals surface area contributed by atoms with E-state index in [1.165, 1.54) is 0 Å². The van der Waals surface area contributed by atoms with Crippen molar-refractivity contribution < 1.29 is 36.6 Å². The van der Waals surface area contributed by atoms with Crippen molar-refractivity contribution in [2.45, 2.75) is 31.2 Å². The Kier molecular flexibility index (Phi) is 8.62. The van der Waals surface area contributed by atoms with E-state index < -0.39 is 39.8 Å². The predicted octanol–water partition coefficient (Wildman–Crippen LogP) is 1.37. The molecule has 0 aliphatic rings. The largest absolute Gasteiger partial charge is 0.464 e. The maximum atomic E-state index is 12.1. The number of nitro groups is 1. The summed E-state index contributed by atoms with van der Waals surface area (Å²) in [6.07, 6.45) is -1.04. The van der Waals surface area contributed by atoms with Crippen LogP contribution in [0.1, 0.15) is 20.3 Å². The van der Waals surface area contributed by atoms with Gasteiger partial charge in [-0.25, -0.2) is 9.59 Å². The first-order valence-corrected chi connectivity index (χ1v) is 9.35. The fraction of sp³-hybridized carbons (Fsp3) is 0.467. The number of amides is 1. The molecule has 0 saturated heterocycles. The minimum Gasteiger partial charge on any atom is -0.464 e. The van der Waals surface area contributed by atoms with Crippen molar-refractivity contribution in [3.05, 3.63) is 34.4 Å². The summed E-state index contributed by atoms with van der Waals surface area (Å²) in [6.45, 7) is 2.89. The summed E-state index contributed by atoms with van der Waals surface area (Å²) in [6, 6.07) is 2.97. The van der Waals surface area contributed by atoms with Gasteiger partial charge in [-0.2, -0.15) is 8.42 Å². The number of hydrogen-bond donors (Lipinski definition) is 1. The number of alkyl carbamates (subject to hydrolysis) is 1. The van der Waals surface area contributed by atoms with E-state index in [-0.39, 0.29) is 30.2 Å². The van der Waals surface area contributed by atoms with Gasteiger partial charge in [0.05, 0.1) is 29.6 Å². The molecule has 0 fully saturated rings. The lowest BCUT2D eigenvalue weighted by Crippen LogP contribution is -2.43. The van der Waals surface area contributed by atoms with Crippen molar-refractivity contribution in [1.29, 1.82) is 0 Å². The van der Waals surface area contributed by atoms with Crippen molar-refractivity contribution in [1.82, 2.24) is 5.32 Å². The van der Waals surface area contributed by atoms with Crippen LogP contribution in [-0.2, 0) is 28.6 Å². The van der Waals surface area contributed by atoms with Gasteiger partial charge < -0.3 is 14.8 Å². The average Bonchev–Trinajstić information content (AvgIpc) is 2.61. The third kappa shape index (κ3) is 7.19. The molecule has 0 radical (unpaired) electrons. The molecule has 27 heavy (non-hydrogen) atoms. The number of rotatable bonds is 10. The van der Waals surface area contributed by atoms with Crippen LogP contribution in [0.4, 0.5) is 10.5 Å². The number of nitro benzene ring substituents is 1. The van der Waals surface area contributed by atoms with Gasteiger partial charge in [0.25, 0.3) is 15.8 Å². The molecule has 0 aromatic heterocycles. The molecule has 0 heterocycles. The van der Waals surface area contributed by atoms with Crippen molar-refractivity contribution in [2.75, 3.05) is 19.8 Å². The van der Waals surface area contributed by atoms with Crippen LogP contribution in [0.5, 0.6) is 0 Å². The summed E-state index contributed by atoms with van der Waals surface area (Å²) in [4.78, 5) is 33.0. The lowest BCUT2D eigenvalue weighted by Gasteiger charge is -2.16. The molecule has 1 aromatic rings. The monoisotopic (exact) mass is 404 g/mol. The SMILES string of the molecule is CCOC(=O)N[C@@H](CCOS(=O)(=O)c1ccc([N+](=O)[O-])cc1)C(=O)OCC. The van der Waals surface area contributed by atoms with E-state index in [4.69, 9.17) is 8.92 Å². The van der Waals surface area contributed by atoms with Crippen LogP contribution in [0.2, 0.25) is 0 Å². The van der Waals surface area contributed by atoms with Crippen molar-refractivity contribution >= 4 is 27.9 Å². The highest BCUT2D eigenvalue weighted by Gasteiger charge is 2.24. The molecule has 11 nitrogen and oxygen atoms in total. The molecule has 1 N–H and O–H groups in total. The van der Waals surface area contributed by atoms with E-state index in [1.807, 2.05) is 0 Å². The lowest BCUT2D eigenvalue weighted by atomic mass is 10.2. The zero-order valence-electron chi connectivity index (χ0n) is 14.7. The molecule has 1 amide bonds. The number of hydrogen-bond acceptors (Lipinski definition) is 9. The number of nitrogens with zero attached hydrogens (tertiary/aromatic N) is 1. The highest BCUT2D eigenvalue weighted by atomic mass is 32.2. The van der Waals surface area contributed by atoms with Crippen LogP contribution in [0.15, 0.2) is 29.2 Å². The Bertz CT molecular complexity index is 762. The molecule has 0 aliphatic carbocycles. The average molecular weight is 404 g/mol. The third-order valence-corrected chi connectivity index (χ3v) is 4.45. The Labute approximate surface area is 155 Å². The number of ether oxygens (including phenoxy) is 2. The number of carbonyl (C=O) groups is 2. The van der Waals surface area contributed by atoms with Gasteiger partial charge in [0, 0.05) is 18.6 Å². The van der Waals surface area contributed by atoms with Gasteiger partial charge in [0.15, 0.2) is 0 Å². The third-order valence-electron chi connectivity index (χ3n) is 3.12. The molecular formula is C15H20N2O9S. The number of non-ortho nitro benzene ring substituents is 1. The van der Waals surface area contributed by atoms with Crippen LogP contribution in [-0.4, -0.2) is 51.3 Å². The van der Waals surface area contributed by atoms with E-state index in [1.54, 1.807) is 13.8 Å². The quantitative estimate of drug-likeness (QED) is 0.264. The first-order valence-electron chi connectivity index (χ1n) is 7.95. The van der Waals surface area contributed by atoms with Crippen LogP contribution in [0, 0.1) is 10.1 Å². The molecule has 0 spiro atoms. The number of benzene rings is 1. The molecule has 12 heteroatoms. The summed E-state index contributed by atoms with van der Waals surface area (Å²) >= 11 is 0. The molecule has 0 unspecified atom stereocenters. The normalized spacial score (nSPS) is 12.1. The molecule has 0 aliphatic heterocycles. The molecule has 1 rings (SSSR count). The number of esters is 1. The van der Waals surface area contributed by atoms with Gasteiger partial charge in [-0.05, 0) is 26.0 Å². The maximum absolute atomic E-state index is 12.1. The van der Waals surface area contributed by atoms with Gasteiger partial charge in [-0.1, -0.05) is 0 Å². The Hall–Kier alpha value is -2.73. The minimum atomic E-state index is -4.19. The summed E-state index contributed by atoms with van der Waals surface area (Å²) in [5, 5.41) is 12.9. The van der Waals surface area contributed by atoms with E-state index in [2.05, 4.69) is 10.1 Å². The molecule has 150 valence electrons. The molecule has 1 aromatic carbocycles. The smallest absolute Gasteiger partial charge is 0.407 e. The van der Waals surface area contributed by atoms with Crippen molar-refractivity contribution in [3.63, 3.8) is 0 Å². The van der Waals surface area contributed by atoms with Gasteiger partial charge in [-0.15, -0.1) is 0 Å². The summed E-state index contributed by atoms with van der Waals surface area (Å²) in [7, 11) is -4.19. The number of nitrogens with one attached hydrogen (secondary N) is 1. The van der Waals surface area contributed by atoms with Crippen molar-refractivity contribution in [2.24, 2.45) is 0 Å². The van der Waals surface area contributed by atoms with Gasteiger partial charge in [0.2, 0.25) is 0 Å². The Balaban J connectivity index is 2.72. The second-order valence-electron chi connectivity index (χ2n) is 4.99.